The van der Waals surface area contributed by atoms with E-state index in [4.69, 9.17) is 10.5 Å². The molecule has 3 N–H and O–H groups in total. The summed E-state index contributed by atoms with van der Waals surface area (Å²) in [5.41, 5.74) is 12.4. The van der Waals surface area contributed by atoms with Gasteiger partial charge in [0, 0.05) is 42.8 Å². The smallest absolute Gasteiger partial charge is 0.246 e. The van der Waals surface area contributed by atoms with Crippen LogP contribution in [0.5, 0.6) is 5.75 Å². The molecule has 0 aromatic heterocycles. The van der Waals surface area contributed by atoms with Crippen LogP contribution in [0.2, 0.25) is 0 Å². The van der Waals surface area contributed by atoms with Gasteiger partial charge in [0.05, 0.1) is 13.7 Å². The second-order valence-corrected chi connectivity index (χ2v) is 12.3. The van der Waals surface area contributed by atoms with E-state index in [-0.39, 0.29) is 35.3 Å². The van der Waals surface area contributed by atoms with E-state index in [9.17, 15) is 13.5 Å². The largest absolute Gasteiger partial charge is 0.495 e. The van der Waals surface area contributed by atoms with Crippen molar-refractivity contribution in [3.05, 3.63) is 77.4 Å². The zero-order valence-corrected chi connectivity index (χ0v) is 23.1. The lowest BCUT2D eigenvalue weighted by molar-refractivity contribution is -0.0553. The summed E-state index contributed by atoms with van der Waals surface area (Å²) >= 11 is 0. The molecular weight excluding hydrogens is 498 g/mol. The number of aryl methyl sites for hydroxylation is 1. The fourth-order valence-electron chi connectivity index (χ4n) is 6.11. The van der Waals surface area contributed by atoms with Crippen LogP contribution in [-0.4, -0.2) is 68.2 Å². The van der Waals surface area contributed by atoms with E-state index in [1.165, 1.54) is 29.9 Å². The minimum Gasteiger partial charge on any atom is -0.495 e. The van der Waals surface area contributed by atoms with Crippen LogP contribution >= 0.6 is 0 Å². The number of methoxy groups -OCH3 is 1. The Kier molecular flexibility index (Phi) is 7.51. The Morgan fingerprint density at radius 1 is 1.03 bits per heavy atom. The number of aliphatic hydroxyl groups is 1. The molecule has 2 aliphatic rings. The van der Waals surface area contributed by atoms with Gasteiger partial charge < -0.3 is 15.6 Å². The molecule has 0 aliphatic carbocycles. The average Bonchev–Trinajstić information content (AvgIpc) is 2.89. The molecule has 0 bridgehead atoms. The first-order valence-corrected chi connectivity index (χ1v) is 14.7. The molecule has 0 radical (unpaired) electrons. The second-order valence-electron chi connectivity index (χ2n) is 10.4. The van der Waals surface area contributed by atoms with Crippen molar-refractivity contribution in [2.75, 3.05) is 39.1 Å². The standard InChI is InChI=1S/C30H37N3O4S/c1-20-7-6-8-25(21(20)2)22-9-11-23(12-10-22)30-26-18-32(15-4-5-16-33(26)27(30)19-34)38(35,36)29-14-13-24(31)17-28(29)37-3/h6-14,17,26-27,30,34H,4-5,15-16,18-19,31H2,1-3H3/t26-,27+,30?/m0/s1. The lowest BCUT2D eigenvalue weighted by Crippen LogP contribution is -2.67. The Hall–Kier alpha value is -2.91. The number of fused-ring (bicyclic) bond motifs is 1. The number of nitrogen functional groups attached to an aromatic ring is 1. The van der Waals surface area contributed by atoms with Gasteiger partial charge in [-0.1, -0.05) is 42.5 Å². The van der Waals surface area contributed by atoms with Crippen molar-refractivity contribution in [2.45, 2.75) is 49.6 Å². The molecule has 3 aromatic rings. The van der Waals surface area contributed by atoms with Crippen molar-refractivity contribution in [1.82, 2.24) is 9.21 Å². The summed E-state index contributed by atoms with van der Waals surface area (Å²) in [4.78, 5) is 2.42. The molecule has 0 amide bonds. The van der Waals surface area contributed by atoms with E-state index in [1.807, 2.05) is 0 Å². The molecule has 0 saturated carbocycles. The normalized spacial score (nSPS) is 22.7. The molecular formula is C30H37N3O4S. The van der Waals surface area contributed by atoms with E-state index < -0.39 is 10.0 Å². The average molecular weight is 536 g/mol. The lowest BCUT2D eigenvalue weighted by atomic mass is 9.74. The van der Waals surface area contributed by atoms with Crippen LogP contribution in [0, 0.1) is 13.8 Å². The van der Waals surface area contributed by atoms with Crippen molar-refractivity contribution in [2.24, 2.45) is 0 Å². The molecule has 38 heavy (non-hydrogen) atoms. The van der Waals surface area contributed by atoms with Crippen LogP contribution in [0.1, 0.15) is 35.4 Å². The summed E-state index contributed by atoms with van der Waals surface area (Å²) in [5.74, 6) is 0.293. The predicted molar refractivity (Wildman–Crippen MR) is 151 cm³/mol. The molecule has 202 valence electrons. The number of benzene rings is 3. The van der Waals surface area contributed by atoms with Crippen LogP contribution in [0.3, 0.4) is 0 Å². The Morgan fingerprint density at radius 3 is 2.47 bits per heavy atom. The Labute approximate surface area is 225 Å². The SMILES string of the molecule is COc1cc(N)ccc1S(=O)(=O)N1CCCCN2[C@H](CO)C(c3ccc(-c4cccc(C)c4C)cc3)[C@@H]2C1. The number of hydrogen-bond donors (Lipinski definition) is 2. The zero-order valence-electron chi connectivity index (χ0n) is 22.3. The van der Waals surface area contributed by atoms with Crippen molar-refractivity contribution in [3.8, 4) is 16.9 Å². The van der Waals surface area contributed by atoms with Gasteiger partial charge in [0.1, 0.15) is 10.6 Å². The third-order valence-corrected chi connectivity index (χ3v) is 10.3. The van der Waals surface area contributed by atoms with Crippen molar-refractivity contribution < 1.29 is 18.3 Å². The molecule has 0 spiro atoms. The van der Waals surface area contributed by atoms with Gasteiger partial charge in [-0.2, -0.15) is 4.31 Å². The molecule has 7 nitrogen and oxygen atoms in total. The minimum atomic E-state index is -3.80. The van der Waals surface area contributed by atoms with Crippen LogP contribution in [-0.2, 0) is 10.0 Å². The number of aliphatic hydroxyl groups excluding tert-OH is 1. The minimum absolute atomic E-state index is 0.0199. The topological polar surface area (TPSA) is 96.1 Å². The molecule has 8 heteroatoms. The van der Waals surface area contributed by atoms with E-state index in [0.717, 1.165) is 30.5 Å². The van der Waals surface area contributed by atoms with Gasteiger partial charge in [0.15, 0.2) is 0 Å². The molecule has 2 aliphatic heterocycles. The van der Waals surface area contributed by atoms with Gasteiger partial charge >= 0.3 is 0 Å². The summed E-state index contributed by atoms with van der Waals surface area (Å²) in [7, 11) is -2.34. The maximum absolute atomic E-state index is 13.8. The maximum atomic E-state index is 13.8. The number of anilines is 1. The van der Waals surface area contributed by atoms with Crippen LogP contribution in [0.4, 0.5) is 5.69 Å². The summed E-state index contributed by atoms with van der Waals surface area (Å²) in [6.07, 6.45) is 1.63. The highest BCUT2D eigenvalue weighted by Crippen LogP contribution is 2.43. The maximum Gasteiger partial charge on any atom is 0.246 e. The van der Waals surface area contributed by atoms with E-state index >= 15 is 0 Å². The quantitative estimate of drug-likeness (QED) is 0.460. The molecule has 3 atom stereocenters. The highest BCUT2D eigenvalue weighted by molar-refractivity contribution is 7.89. The van der Waals surface area contributed by atoms with Crippen molar-refractivity contribution in [3.63, 3.8) is 0 Å². The first-order valence-electron chi connectivity index (χ1n) is 13.2. The number of ether oxygens (including phenoxy) is 1. The number of rotatable bonds is 6. The van der Waals surface area contributed by atoms with E-state index in [1.54, 1.807) is 16.4 Å². The molecule has 5 rings (SSSR count). The number of hydrogen-bond acceptors (Lipinski definition) is 6. The fraction of sp³-hybridized carbons (Fsp3) is 0.400. The summed E-state index contributed by atoms with van der Waals surface area (Å²) in [6, 6.07) is 19.5. The van der Waals surface area contributed by atoms with E-state index in [2.05, 4.69) is 61.2 Å². The fourth-order valence-corrected chi connectivity index (χ4v) is 7.75. The van der Waals surface area contributed by atoms with Crippen molar-refractivity contribution >= 4 is 15.7 Å². The first kappa shape index (κ1) is 26.7. The van der Waals surface area contributed by atoms with Crippen LogP contribution in [0.25, 0.3) is 11.1 Å². The highest BCUT2D eigenvalue weighted by atomic mass is 32.2. The molecule has 2 heterocycles. The number of sulfonamides is 1. The number of nitrogens with two attached hydrogens (primary N) is 1. The van der Waals surface area contributed by atoms with Gasteiger partial charge in [-0.15, -0.1) is 0 Å². The monoisotopic (exact) mass is 535 g/mol. The van der Waals surface area contributed by atoms with Gasteiger partial charge in [0.25, 0.3) is 0 Å². The van der Waals surface area contributed by atoms with Crippen LogP contribution in [0.15, 0.2) is 65.6 Å². The molecule has 2 fully saturated rings. The van der Waals surface area contributed by atoms with Gasteiger partial charge in [-0.25, -0.2) is 8.42 Å². The third-order valence-electron chi connectivity index (χ3n) is 8.35. The zero-order chi connectivity index (χ0) is 27.0. The lowest BCUT2D eigenvalue weighted by Gasteiger charge is -2.57. The summed E-state index contributed by atoms with van der Waals surface area (Å²) in [5, 5.41) is 10.3. The molecule has 3 aromatic carbocycles. The molecule has 1 unspecified atom stereocenters. The second kappa shape index (κ2) is 10.7. The van der Waals surface area contributed by atoms with Crippen molar-refractivity contribution in [1.29, 1.82) is 0 Å². The Bertz CT molecular complexity index is 1410. The first-order chi connectivity index (χ1) is 18.3. The molecule has 2 saturated heterocycles. The van der Waals surface area contributed by atoms with Gasteiger partial charge in [-0.3, -0.25) is 4.90 Å². The van der Waals surface area contributed by atoms with Crippen LogP contribution < -0.4 is 10.5 Å². The number of nitrogens with zero attached hydrogens (tertiary/aromatic N) is 2. The van der Waals surface area contributed by atoms with Gasteiger partial charge in [-0.05, 0) is 73.2 Å². The van der Waals surface area contributed by atoms with E-state index in [0.29, 0.717) is 18.8 Å². The summed E-state index contributed by atoms with van der Waals surface area (Å²) < 4.78 is 34.6. The third kappa shape index (κ3) is 4.71. The summed E-state index contributed by atoms with van der Waals surface area (Å²) in [6.45, 7) is 5.96. The Morgan fingerprint density at radius 2 is 1.76 bits per heavy atom. The predicted octanol–water partition coefficient (Wildman–Crippen LogP) is 4.17. The highest BCUT2D eigenvalue weighted by Gasteiger charge is 2.50. The Balaban J connectivity index is 1.45. The van der Waals surface area contributed by atoms with Gasteiger partial charge in [0.2, 0.25) is 10.0 Å².